The molecular formula is C56H82N6O14. The lowest BCUT2D eigenvalue weighted by Gasteiger charge is -2.35. The smallest absolute Gasteiger partial charge is 0.408 e. The molecule has 0 aromatic heterocycles. The number of carbonyl (C=O) groups excluding carboxylic acids is 9. The summed E-state index contributed by atoms with van der Waals surface area (Å²) in [5.41, 5.74) is 1.28. The summed E-state index contributed by atoms with van der Waals surface area (Å²) in [6.07, 6.45) is -5.08. The normalized spacial score (nSPS) is 25.7. The third kappa shape index (κ3) is 17.5. The first kappa shape index (κ1) is 62.0. The molecule has 5 N–H and O–H groups in total. The van der Waals surface area contributed by atoms with Gasteiger partial charge in [-0.1, -0.05) is 104 Å². The van der Waals surface area contributed by atoms with Crippen molar-refractivity contribution in [3.8, 4) is 5.75 Å². The van der Waals surface area contributed by atoms with E-state index in [4.69, 9.17) is 18.9 Å². The van der Waals surface area contributed by atoms with Gasteiger partial charge in [0.15, 0.2) is 11.9 Å². The number of methoxy groups -OCH3 is 1. The van der Waals surface area contributed by atoms with E-state index in [-0.39, 0.29) is 50.7 Å². The molecule has 2 aromatic carbocycles. The summed E-state index contributed by atoms with van der Waals surface area (Å²) < 4.78 is 22.6. The third-order valence-electron chi connectivity index (χ3n) is 14.0. The van der Waals surface area contributed by atoms with Gasteiger partial charge in [-0.2, -0.15) is 0 Å². The van der Waals surface area contributed by atoms with Crippen molar-refractivity contribution in [3.05, 3.63) is 65.7 Å². The molecule has 0 aliphatic carbocycles. The highest BCUT2D eigenvalue weighted by molar-refractivity contribution is 6.05. The van der Waals surface area contributed by atoms with E-state index in [2.05, 4.69) is 21.3 Å². The van der Waals surface area contributed by atoms with E-state index < -0.39 is 132 Å². The number of aliphatic hydroxyl groups is 1. The molecule has 2 aromatic rings. The highest BCUT2D eigenvalue weighted by Crippen LogP contribution is 2.26. The van der Waals surface area contributed by atoms with Gasteiger partial charge in [0.2, 0.25) is 29.5 Å². The molecule has 20 nitrogen and oxygen atoms in total. The van der Waals surface area contributed by atoms with Crippen LogP contribution in [0.2, 0.25) is 0 Å². The summed E-state index contributed by atoms with van der Waals surface area (Å²) in [5.74, 6) is -8.82. The van der Waals surface area contributed by atoms with Crippen molar-refractivity contribution in [1.29, 1.82) is 0 Å². The number of aliphatic hydroxyl groups excluding tert-OH is 1. The number of rotatable bonds is 15. The van der Waals surface area contributed by atoms with Crippen molar-refractivity contribution in [1.82, 2.24) is 31.1 Å². The third-order valence-corrected chi connectivity index (χ3v) is 14.0. The zero-order valence-electron chi connectivity index (χ0n) is 46.3. The number of nitrogens with one attached hydrogen (secondary N) is 4. The SMILES string of the molecule is CC[C@H](C)[C@H]1NC(=O)[C@@H](NC(=O)[C@@H](CC(C)C)NC(=O)OCc2ccccc2)[C@H](C)OC(=O)[C@H](Cc2ccc(OC)cc2)N(C)C(=O)[C@@H]2CCCN2C(=O)[C@@H](CC(C)C)NC(=O)[C@@H](C)C(=O)[C@@H](C(C)C)OC(=O)C[C@H]1O. The first-order valence-electron chi connectivity index (χ1n) is 26.6. The Bertz CT molecular complexity index is 2310. The fourth-order valence-electron chi connectivity index (χ4n) is 9.33. The first-order chi connectivity index (χ1) is 35.9. The number of ether oxygens (including phenoxy) is 4. The van der Waals surface area contributed by atoms with Gasteiger partial charge in [0, 0.05) is 20.0 Å². The number of alkyl carbamates (subject to hydrolysis) is 1. The molecule has 2 saturated heterocycles. The standard InChI is InChI=1S/C56H82N6O14/c1-13-34(8)46-44(63)29-45(64)76-49(33(6)7)48(65)35(9)50(66)57-41(27-32(4)5)53(69)62-25-17-20-42(62)54(70)61(11)43(28-37-21-23-39(73-12)24-22-37)55(71)75-36(10)47(52(68)59-46)60-51(67)40(26-31(2)3)58-56(72)74-30-38-18-15-14-16-19-38/h14-16,18-19,21-24,31-36,40-44,46-47,49,63H,13,17,20,25-30H2,1-12H3,(H,57,66)(H,58,72)(H,59,68)(H,60,67)/t34-,35-,36-,40+,41+,42-,43-,44+,46+,47-,49+/m0/s1. The van der Waals surface area contributed by atoms with Crippen molar-refractivity contribution in [2.24, 2.45) is 29.6 Å². The number of esters is 2. The van der Waals surface area contributed by atoms with E-state index in [1.807, 2.05) is 33.8 Å². The number of likely N-dealkylation sites (N-methyl/N-ethyl adjacent to an activating group) is 1. The molecule has 0 spiro atoms. The Hall–Kier alpha value is -6.57. The average Bonchev–Trinajstić information content (AvgIpc) is 3.88. The van der Waals surface area contributed by atoms with Gasteiger partial charge in [0.1, 0.15) is 48.7 Å². The minimum absolute atomic E-state index is 0.0870. The van der Waals surface area contributed by atoms with Gasteiger partial charge in [-0.15, -0.1) is 0 Å². The molecule has 76 heavy (non-hydrogen) atoms. The van der Waals surface area contributed by atoms with Crippen molar-refractivity contribution in [2.45, 2.75) is 175 Å². The van der Waals surface area contributed by atoms with Crippen molar-refractivity contribution in [2.75, 3.05) is 20.7 Å². The van der Waals surface area contributed by atoms with Crippen LogP contribution in [0.4, 0.5) is 4.79 Å². The van der Waals surface area contributed by atoms with E-state index in [0.29, 0.717) is 29.7 Å². The molecule has 0 unspecified atom stereocenters. The number of Topliss-reactive ketones (excluding diaryl/α,β-unsaturated/α-hetero) is 1. The lowest BCUT2D eigenvalue weighted by Crippen LogP contribution is -2.61. The number of benzene rings is 2. The predicted octanol–water partition coefficient (Wildman–Crippen LogP) is 4.41. The van der Waals surface area contributed by atoms with Gasteiger partial charge in [0.05, 0.1) is 31.6 Å². The Morgan fingerprint density at radius 2 is 1.50 bits per heavy atom. The summed E-state index contributed by atoms with van der Waals surface area (Å²) in [5, 5.41) is 22.6. The van der Waals surface area contributed by atoms with E-state index in [0.717, 1.165) is 0 Å². The van der Waals surface area contributed by atoms with Crippen molar-refractivity contribution >= 4 is 53.4 Å². The molecule has 4 rings (SSSR count). The number of nitrogens with zero attached hydrogens (tertiary/aromatic N) is 2. The van der Waals surface area contributed by atoms with Crippen LogP contribution in [0.5, 0.6) is 5.75 Å². The quantitative estimate of drug-likeness (QED) is 0.0940. The summed E-state index contributed by atoms with van der Waals surface area (Å²) in [6, 6.07) is 7.85. The van der Waals surface area contributed by atoms with Crippen LogP contribution in [0, 0.1) is 29.6 Å². The monoisotopic (exact) mass is 1060 g/mol. The summed E-state index contributed by atoms with van der Waals surface area (Å²) >= 11 is 0. The van der Waals surface area contributed by atoms with E-state index in [9.17, 15) is 48.3 Å². The Morgan fingerprint density at radius 1 is 0.842 bits per heavy atom. The second-order valence-electron chi connectivity index (χ2n) is 21.4. The largest absolute Gasteiger partial charge is 0.497 e. The molecule has 2 fully saturated rings. The Morgan fingerprint density at radius 3 is 2.09 bits per heavy atom. The fourth-order valence-corrected chi connectivity index (χ4v) is 9.33. The molecule has 0 radical (unpaired) electrons. The van der Waals surface area contributed by atoms with E-state index in [1.54, 1.807) is 76.2 Å². The molecule has 2 aliphatic heterocycles. The number of ketones is 1. The van der Waals surface area contributed by atoms with Crippen LogP contribution in [0.25, 0.3) is 0 Å². The second kappa shape index (κ2) is 29.1. The number of cyclic esters (lactones) is 2. The Kier molecular flexibility index (Phi) is 23.7. The number of amides is 6. The Balaban J connectivity index is 1.84. The minimum Gasteiger partial charge on any atom is -0.497 e. The summed E-state index contributed by atoms with van der Waals surface area (Å²) in [7, 11) is 2.90. The number of carbonyl (C=O) groups is 9. The molecule has 420 valence electrons. The van der Waals surface area contributed by atoms with Gasteiger partial charge in [-0.25, -0.2) is 9.59 Å². The van der Waals surface area contributed by atoms with E-state index >= 15 is 0 Å². The van der Waals surface area contributed by atoms with Crippen LogP contribution in [0.3, 0.4) is 0 Å². The maximum atomic E-state index is 14.8. The topological polar surface area (TPSA) is 265 Å². The first-order valence-corrected chi connectivity index (χ1v) is 26.6. The average molecular weight is 1060 g/mol. The second-order valence-corrected chi connectivity index (χ2v) is 21.4. The number of hydrogen-bond donors (Lipinski definition) is 5. The number of hydrogen-bond acceptors (Lipinski definition) is 14. The molecule has 11 atom stereocenters. The van der Waals surface area contributed by atoms with Gasteiger partial charge >= 0.3 is 18.0 Å². The number of fused-ring (bicyclic) bond motifs is 1. The van der Waals surface area contributed by atoms with Gasteiger partial charge in [-0.05, 0) is 86.5 Å². The van der Waals surface area contributed by atoms with Gasteiger partial charge in [0.25, 0.3) is 0 Å². The maximum Gasteiger partial charge on any atom is 0.408 e. The van der Waals surface area contributed by atoms with Crippen LogP contribution in [-0.2, 0) is 65.6 Å². The van der Waals surface area contributed by atoms with Gasteiger partial charge in [-0.3, -0.25) is 33.6 Å². The van der Waals surface area contributed by atoms with Crippen LogP contribution < -0.4 is 26.0 Å². The van der Waals surface area contributed by atoms with Crippen LogP contribution in [0.1, 0.15) is 119 Å². The van der Waals surface area contributed by atoms with Gasteiger partial charge < -0.3 is 55.1 Å². The summed E-state index contributed by atoms with van der Waals surface area (Å²) in [6.45, 7) is 16.9. The van der Waals surface area contributed by atoms with Crippen LogP contribution in [0.15, 0.2) is 54.6 Å². The highest BCUT2D eigenvalue weighted by atomic mass is 16.6. The molecule has 6 amide bonds. The lowest BCUT2D eigenvalue weighted by atomic mass is 9.91. The molecule has 0 saturated carbocycles. The van der Waals surface area contributed by atoms with Crippen molar-refractivity contribution < 1.29 is 67.2 Å². The Labute approximate surface area is 447 Å². The predicted molar refractivity (Wildman–Crippen MR) is 281 cm³/mol. The molecule has 20 heteroatoms. The minimum atomic E-state index is -1.72. The van der Waals surface area contributed by atoms with Crippen LogP contribution in [-0.4, -0.2) is 144 Å². The summed E-state index contributed by atoms with van der Waals surface area (Å²) in [4.78, 5) is 131. The zero-order valence-corrected chi connectivity index (χ0v) is 46.3. The molecule has 2 heterocycles. The molecular weight excluding hydrogens is 981 g/mol. The van der Waals surface area contributed by atoms with Crippen molar-refractivity contribution in [3.63, 3.8) is 0 Å². The highest BCUT2D eigenvalue weighted by Gasteiger charge is 2.44. The molecule has 2 aliphatic rings. The zero-order chi connectivity index (χ0) is 56.6. The molecule has 0 bridgehead atoms. The lowest BCUT2D eigenvalue weighted by molar-refractivity contribution is -0.163. The fraction of sp³-hybridized carbons (Fsp3) is 0.625. The van der Waals surface area contributed by atoms with E-state index in [1.165, 1.54) is 37.8 Å². The maximum absolute atomic E-state index is 14.8. The van der Waals surface area contributed by atoms with Crippen LogP contribution >= 0.6 is 0 Å².